The van der Waals surface area contributed by atoms with E-state index in [4.69, 9.17) is 5.73 Å². The molecule has 0 spiro atoms. The maximum absolute atomic E-state index is 12.9. The van der Waals surface area contributed by atoms with Gasteiger partial charge in [-0.2, -0.15) is 4.31 Å². The number of ketones is 1. The van der Waals surface area contributed by atoms with E-state index in [1.807, 2.05) is 0 Å². The van der Waals surface area contributed by atoms with Gasteiger partial charge in [0, 0.05) is 30.8 Å². The molecule has 0 saturated carbocycles. The van der Waals surface area contributed by atoms with Gasteiger partial charge in [-0.3, -0.25) is 19.4 Å². The van der Waals surface area contributed by atoms with Crippen molar-refractivity contribution in [3.05, 3.63) is 30.1 Å². The second-order valence-corrected chi connectivity index (χ2v) is 10.2. The summed E-state index contributed by atoms with van der Waals surface area (Å²) >= 11 is 0. The third-order valence-corrected chi connectivity index (χ3v) is 7.57. The number of nitrogens with zero attached hydrogens (tertiary/aromatic N) is 3. The number of fused-ring (bicyclic) bond motifs is 1. The molecule has 2 atom stereocenters. The van der Waals surface area contributed by atoms with Crippen molar-refractivity contribution >= 4 is 27.6 Å². The van der Waals surface area contributed by atoms with Crippen molar-refractivity contribution < 1.29 is 22.8 Å². The van der Waals surface area contributed by atoms with E-state index in [9.17, 15) is 22.8 Å². The van der Waals surface area contributed by atoms with Crippen LogP contribution in [0.4, 0.5) is 0 Å². The van der Waals surface area contributed by atoms with Crippen LogP contribution in [0.3, 0.4) is 0 Å². The Morgan fingerprint density at radius 1 is 1.34 bits per heavy atom. The molecular formula is C19H26N4O5S. The Kier molecular flexibility index (Phi) is 5.77. The minimum Gasteiger partial charge on any atom is -0.369 e. The third-order valence-electron chi connectivity index (χ3n) is 5.76. The van der Waals surface area contributed by atoms with Crippen LogP contribution >= 0.6 is 0 Å². The minimum absolute atomic E-state index is 0.0782. The molecule has 0 radical (unpaired) electrons. The smallest absolute Gasteiger partial charge is 0.223 e. The van der Waals surface area contributed by atoms with Gasteiger partial charge >= 0.3 is 0 Å². The van der Waals surface area contributed by atoms with Crippen molar-refractivity contribution in [2.45, 2.75) is 50.9 Å². The lowest BCUT2D eigenvalue weighted by atomic mass is 9.87. The van der Waals surface area contributed by atoms with E-state index in [0.29, 0.717) is 18.5 Å². The Balaban J connectivity index is 1.70. The molecule has 3 heterocycles. The van der Waals surface area contributed by atoms with Gasteiger partial charge in [0.2, 0.25) is 21.8 Å². The second kappa shape index (κ2) is 7.83. The molecule has 9 nitrogen and oxygen atoms in total. The fraction of sp³-hybridized carbons (Fsp3) is 0.579. The largest absolute Gasteiger partial charge is 0.369 e. The molecule has 2 aliphatic heterocycles. The van der Waals surface area contributed by atoms with Crippen molar-refractivity contribution in [1.82, 2.24) is 14.2 Å². The average Bonchev–Trinajstić information content (AvgIpc) is 3.22. The zero-order valence-electron chi connectivity index (χ0n) is 16.6. The van der Waals surface area contributed by atoms with Gasteiger partial charge in [0.15, 0.2) is 5.78 Å². The molecule has 3 rings (SSSR count). The van der Waals surface area contributed by atoms with E-state index >= 15 is 0 Å². The molecule has 0 aliphatic carbocycles. The van der Waals surface area contributed by atoms with Gasteiger partial charge in [0.1, 0.15) is 6.04 Å². The highest BCUT2D eigenvalue weighted by molar-refractivity contribution is 7.88. The summed E-state index contributed by atoms with van der Waals surface area (Å²) < 4.78 is 27.0. The number of sulfonamides is 1. The highest BCUT2D eigenvalue weighted by Crippen LogP contribution is 2.33. The van der Waals surface area contributed by atoms with Gasteiger partial charge in [-0.25, -0.2) is 8.42 Å². The predicted molar refractivity (Wildman–Crippen MR) is 105 cm³/mol. The van der Waals surface area contributed by atoms with Crippen LogP contribution < -0.4 is 5.73 Å². The molecule has 2 saturated heterocycles. The van der Waals surface area contributed by atoms with Gasteiger partial charge in [-0.15, -0.1) is 0 Å². The number of rotatable bonds is 7. The summed E-state index contributed by atoms with van der Waals surface area (Å²) in [6.45, 7) is 3.43. The normalized spacial score (nSPS) is 22.7. The molecule has 0 aromatic carbocycles. The van der Waals surface area contributed by atoms with Crippen LogP contribution in [0, 0.1) is 5.41 Å². The molecule has 1 aromatic rings. The first-order chi connectivity index (χ1) is 13.5. The number of carbonyl (C=O) groups is 3. The highest BCUT2D eigenvalue weighted by atomic mass is 32.2. The van der Waals surface area contributed by atoms with Crippen molar-refractivity contribution in [1.29, 1.82) is 0 Å². The number of aromatic nitrogens is 1. The van der Waals surface area contributed by atoms with Crippen LogP contribution in [0.15, 0.2) is 24.5 Å². The summed E-state index contributed by atoms with van der Waals surface area (Å²) in [5, 5.41) is 0. The molecule has 2 N–H and O–H groups in total. The number of Topliss-reactive ketones (excluding diaryl/α,β-unsaturated/α-hetero) is 1. The van der Waals surface area contributed by atoms with Crippen LogP contribution in [0.5, 0.6) is 0 Å². The fourth-order valence-electron chi connectivity index (χ4n) is 3.88. The lowest BCUT2D eigenvalue weighted by molar-refractivity contribution is -0.137. The van der Waals surface area contributed by atoms with Crippen LogP contribution in [0.2, 0.25) is 0 Å². The zero-order valence-corrected chi connectivity index (χ0v) is 17.4. The number of nitrogens with two attached hydrogens (primary N) is 1. The van der Waals surface area contributed by atoms with Crippen molar-refractivity contribution in [2.24, 2.45) is 11.1 Å². The Morgan fingerprint density at radius 3 is 2.69 bits per heavy atom. The van der Waals surface area contributed by atoms with E-state index in [0.717, 1.165) is 0 Å². The van der Waals surface area contributed by atoms with E-state index in [1.165, 1.54) is 15.4 Å². The van der Waals surface area contributed by atoms with Gasteiger partial charge < -0.3 is 10.6 Å². The number of pyridine rings is 1. The average molecular weight is 423 g/mol. The highest BCUT2D eigenvalue weighted by Gasteiger charge is 2.53. The summed E-state index contributed by atoms with van der Waals surface area (Å²) in [4.78, 5) is 42.1. The number of primary amides is 1. The summed E-state index contributed by atoms with van der Waals surface area (Å²) in [5.41, 5.74) is 5.07. The maximum atomic E-state index is 12.9. The summed E-state index contributed by atoms with van der Waals surface area (Å²) in [7, 11) is -3.72. The molecule has 2 fully saturated rings. The van der Waals surface area contributed by atoms with Crippen molar-refractivity contribution in [2.75, 3.05) is 13.1 Å². The first kappa shape index (κ1) is 21.4. The van der Waals surface area contributed by atoms with Crippen LogP contribution in [0.1, 0.15) is 38.7 Å². The van der Waals surface area contributed by atoms with Crippen molar-refractivity contribution in [3.63, 3.8) is 0 Å². The SMILES string of the molecule is CC(C)(CCC(=O)N1CCC2C1C(=O)CN2S(=O)(=O)Cc1cccnc1)C(N)=O. The van der Waals surface area contributed by atoms with Gasteiger partial charge in [0.25, 0.3) is 0 Å². The second-order valence-electron chi connectivity index (χ2n) is 8.27. The van der Waals surface area contributed by atoms with Crippen LogP contribution in [0.25, 0.3) is 0 Å². The number of hydrogen-bond donors (Lipinski definition) is 1. The van der Waals surface area contributed by atoms with E-state index in [1.54, 1.807) is 32.2 Å². The van der Waals surface area contributed by atoms with Crippen molar-refractivity contribution in [3.8, 4) is 0 Å². The monoisotopic (exact) mass is 422 g/mol. The fourth-order valence-corrected chi connectivity index (χ4v) is 5.59. The molecule has 0 bridgehead atoms. The van der Waals surface area contributed by atoms with E-state index in [-0.39, 0.29) is 36.8 Å². The molecule has 10 heteroatoms. The zero-order chi connectivity index (χ0) is 21.4. The maximum Gasteiger partial charge on any atom is 0.223 e. The van der Waals surface area contributed by atoms with Crippen LogP contribution in [-0.2, 0) is 30.2 Å². The Morgan fingerprint density at radius 2 is 2.07 bits per heavy atom. The lowest BCUT2D eigenvalue weighted by Crippen LogP contribution is -2.44. The Labute approximate surface area is 170 Å². The molecule has 158 valence electrons. The number of likely N-dealkylation sites (tertiary alicyclic amines) is 1. The predicted octanol–water partition coefficient (Wildman–Crippen LogP) is 0.0573. The number of hydrogen-bond acceptors (Lipinski definition) is 6. The molecule has 1 aromatic heterocycles. The molecular weight excluding hydrogens is 396 g/mol. The molecule has 2 amide bonds. The molecule has 2 unspecified atom stereocenters. The Hall–Kier alpha value is -2.33. The van der Waals surface area contributed by atoms with E-state index < -0.39 is 33.4 Å². The van der Waals surface area contributed by atoms with Gasteiger partial charge in [-0.1, -0.05) is 19.9 Å². The topological polar surface area (TPSA) is 131 Å². The number of amides is 2. The van der Waals surface area contributed by atoms with Crippen LogP contribution in [-0.4, -0.2) is 65.4 Å². The molecule has 2 aliphatic rings. The summed E-state index contributed by atoms with van der Waals surface area (Å²) in [6.07, 6.45) is 3.80. The number of carbonyl (C=O) groups excluding carboxylic acids is 3. The molecule has 29 heavy (non-hydrogen) atoms. The standard InChI is InChI=1S/C19H26N4O5S/c1-19(2,18(20)26)7-5-16(25)22-9-6-14-17(22)15(24)11-23(14)29(27,28)12-13-4-3-8-21-10-13/h3-4,8,10,14,17H,5-7,9,11-12H2,1-2H3,(H2,20,26). The lowest BCUT2D eigenvalue weighted by Gasteiger charge is -2.26. The van der Waals surface area contributed by atoms with Gasteiger partial charge in [0.05, 0.1) is 18.3 Å². The van der Waals surface area contributed by atoms with E-state index in [2.05, 4.69) is 4.98 Å². The Bertz CT molecular complexity index is 916. The third kappa shape index (κ3) is 4.32. The van der Waals surface area contributed by atoms with Gasteiger partial charge in [-0.05, 0) is 24.5 Å². The summed E-state index contributed by atoms with van der Waals surface area (Å²) in [6, 6.07) is 2.03. The minimum atomic E-state index is -3.72. The first-order valence-corrected chi connectivity index (χ1v) is 11.1. The summed E-state index contributed by atoms with van der Waals surface area (Å²) in [5.74, 6) is -1.26. The first-order valence-electron chi connectivity index (χ1n) is 9.53. The quantitative estimate of drug-likeness (QED) is 0.661.